The fourth-order valence-corrected chi connectivity index (χ4v) is 3.29. The van der Waals surface area contributed by atoms with Crippen molar-refractivity contribution in [3.8, 4) is 5.75 Å². The lowest BCUT2D eigenvalue weighted by molar-refractivity contribution is 0.182. The molecule has 0 fully saturated rings. The SMILES string of the molecule is CCN(CCNC(C)(C)C)C1CCCc2c(O)cccc21. The summed E-state index contributed by atoms with van der Waals surface area (Å²) in [5, 5.41) is 13.7. The summed E-state index contributed by atoms with van der Waals surface area (Å²) in [5.74, 6) is 0.473. The largest absolute Gasteiger partial charge is 0.508 e. The van der Waals surface area contributed by atoms with E-state index in [2.05, 4.69) is 44.0 Å². The minimum absolute atomic E-state index is 0.169. The standard InChI is InChI=1S/C18H30N2O/c1-5-20(13-12-19-18(2,3)4)16-10-6-9-15-14(16)8-7-11-17(15)21/h7-8,11,16,19,21H,5-6,9-10,12-13H2,1-4H3. The van der Waals surface area contributed by atoms with Crippen LogP contribution >= 0.6 is 0 Å². The van der Waals surface area contributed by atoms with Gasteiger partial charge in [0.2, 0.25) is 0 Å². The molecule has 0 amide bonds. The second-order valence-electron chi connectivity index (χ2n) is 7.06. The van der Waals surface area contributed by atoms with Crippen molar-refractivity contribution < 1.29 is 5.11 Å². The Balaban J connectivity index is 2.08. The summed E-state index contributed by atoms with van der Waals surface area (Å²) in [6, 6.07) is 6.44. The molecule has 1 aromatic rings. The highest BCUT2D eigenvalue weighted by Gasteiger charge is 2.26. The summed E-state index contributed by atoms with van der Waals surface area (Å²) in [5.41, 5.74) is 2.66. The molecule has 2 rings (SSSR count). The predicted octanol–water partition coefficient (Wildman–Crippen LogP) is 3.48. The molecule has 21 heavy (non-hydrogen) atoms. The molecule has 2 N–H and O–H groups in total. The molecular formula is C18H30N2O. The third-order valence-electron chi connectivity index (χ3n) is 4.35. The maximum Gasteiger partial charge on any atom is 0.119 e. The van der Waals surface area contributed by atoms with Crippen LogP contribution in [0, 0.1) is 0 Å². The van der Waals surface area contributed by atoms with Crippen LogP contribution in [-0.4, -0.2) is 35.2 Å². The van der Waals surface area contributed by atoms with E-state index in [9.17, 15) is 5.11 Å². The summed E-state index contributed by atoms with van der Waals surface area (Å²) in [6.45, 7) is 11.9. The number of rotatable bonds is 5. The molecule has 0 spiro atoms. The van der Waals surface area contributed by atoms with Crippen LogP contribution in [0.3, 0.4) is 0 Å². The van der Waals surface area contributed by atoms with E-state index in [4.69, 9.17) is 0 Å². The van der Waals surface area contributed by atoms with E-state index in [1.165, 1.54) is 18.4 Å². The van der Waals surface area contributed by atoms with Gasteiger partial charge < -0.3 is 10.4 Å². The van der Waals surface area contributed by atoms with Crippen LogP contribution in [0.15, 0.2) is 18.2 Å². The van der Waals surface area contributed by atoms with Crippen molar-refractivity contribution >= 4 is 0 Å². The number of fused-ring (bicyclic) bond motifs is 1. The first-order chi connectivity index (χ1) is 9.92. The quantitative estimate of drug-likeness (QED) is 0.871. The number of benzene rings is 1. The number of hydrogen-bond donors (Lipinski definition) is 2. The molecule has 0 radical (unpaired) electrons. The molecule has 0 aliphatic heterocycles. The van der Waals surface area contributed by atoms with Gasteiger partial charge in [-0.3, -0.25) is 4.90 Å². The van der Waals surface area contributed by atoms with Crippen LogP contribution in [0.1, 0.15) is 57.7 Å². The Bertz CT molecular complexity index is 465. The summed E-state index contributed by atoms with van der Waals surface area (Å²) in [7, 11) is 0. The van der Waals surface area contributed by atoms with E-state index in [0.29, 0.717) is 11.8 Å². The van der Waals surface area contributed by atoms with E-state index < -0.39 is 0 Å². The highest BCUT2D eigenvalue weighted by molar-refractivity contribution is 5.42. The molecule has 0 saturated heterocycles. The monoisotopic (exact) mass is 290 g/mol. The Morgan fingerprint density at radius 2 is 2.10 bits per heavy atom. The minimum Gasteiger partial charge on any atom is -0.508 e. The molecule has 1 aliphatic rings. The molecule has 0 heterocycles. The Labute approximate surface area is 129 Å². The van der Waals surface area contributed by atoms with Gasteiger partial charge in [-0.25, -0.2) is 0 Å². The average molecular weight is 290 g/mol. The molecule has 0 saturated carbocycles. The number of phenols is 1. The summed E-state index contributed by atoms with van der Waals surface area (Å²) in [6.07, 6.45) is 3.37. The zero-order valence-electron chi connectivity index (χ0n) is 13.9. The number of likely N-dealkylation sites (N-methyl/N-ethyl adjacent to an activating group) is 1. The fourth-order valence-electron chi connectivity index (χ4n) is 3.29. The lowest BCUT2D eigenvalue weighted by atomic mass is 9.86. The number of nitrogens with one attached hydrogen (secondary N) is 1. The Morgan fingerprint density at radius 3 is 2.76 bits per heavy atom. The lowest BCUT2D eigenvalue weighted by Gasteiger charge is -2.36. The van der Waals surface area contributed by atoms with Gasteiger partial charge in [0, 0.05) is 24.7 Å². The van der Waals surface area contributed by atoms with Crippen molar-refractivity contribution in [3.63, 3.8) is 0 Å². The molecule has 1 aliphatic carbocycles. The topological polar surface area (TPSA) is 35.5 Å². The molecule has 118 valence electrons. The summed E-state index contributed by atoms with van der Waals surface area (Å²) >= 11 is 0. The zero-order valence-corrected chi connectivity index (χ0v) is 13.9. The van der Waals surface area contributed by atoms with Crippen molar-refractivity contribution in [2.75, 3.05) is 19.6 Å². The van der Waals surface area contributed by atoms with Gasteiger partial charge in [-0.1, -0.05) is 19.1 Å². The summed E-state index contributed by atoms with van der Waals surface area (Å²) in [4.78, 5) is 2.54. The molecule has 3 nitrogen and oxygen atoms in total. The fraction of sp³-hybridized carbons (Fsp3) is 0.667. The van der Waals surface area contributed by atoms with Crippen LogP contribution in [0.25, 0.3) is 0 Å². The molecule has 1 atom stereocenters. The van der Waals surface area contributed by atoms with Crippen LogP contribution < -0.4 is 5.32 Å². The highest BCUT2D eigenvalue weighted by atomic mass is 16.3. The van der Waals surface area contributed by atoms with Crippen molar-refractivity contribution in [2.45, 2.75) is 58.5 Å². The number of phenolic OH excluding ortho intramolecular Hbond substituents is 1. The van der Waals surface area contributed by atoms with Gasteiger partial charge in [0.15, 0.2) is 0 Å². The first kappa shape index (κ1) is 16.3. The highest BCUT2D eigenvalue weighted by Crippen LogP contribution is 2.37. The molecule has 1 unspecified atom stereocenters. The van der Waals surface area contributed by atoms with E-state index in [1.807, 2.05) is 12.1 Å². The molecule has 3 heteroatoms. The summed E-state index contributed by atoms with van der Waals surface area (Å²) < 4.78 is 0. The smallest absolute Gasteiger partial charge is 0.119 e. The van der Waals surface area contributed by atoms with Gasteiger partial charge in [0.05, 0.1) is 0 Å². The lowest BCUT2D eigenvalue weighted by Crippen LogP contribution is -2.42. The van der Waals surface area contributed by atoms with E-state index in [1.54, 1.807) is 0 Å². The molecule has 0 bridgehead atoms. The van der Waals surface area contributed by atoms with E-state index in [-0.39, 0.29) is 5.54 Å². The molecular weight excluding hydrogens is 260 g/mol. The average Bonchev–Trinajstić information content (AvgIpc) is 2.43. The van der Waals surface area contributed by atoms with Crippen LogP contribution in [0.5, 0.6) is 5.75 Å². The second-order valence-corrected chi connectivity index (χ2v) is 7.06. The van der Waals surface area contributed by atoms with Gasteiger partial charge in [-0.15, -0.1) is 0 Å². The van der Waals surface area contributed by atoms with Crippen molar-refractivity contribution in [3.05, 3.63) is 29.3 Å². The Kier molecular flexibility index (Phi) is 5.28. The van der Waals surface area contributed by atoms with Gasteiger partial charge in [-0.2, -0.15) is 0 Å². The second kappa shape index (κ2) is 6.80. The maximum atomic E-state index is 10.1. The normalized spacial score (nSPS) is 18.8. The van der Waals surface area contributed by atoms with E-state index in [0.717, 1.165) is 31.6 Å². The third kappa shape index (κ3) is 4.21. The first-order valence-corrected chi connectivity index (χ1v) is 8.22. The zero-order chi connectivity index (χ0) is 15.5. The number of nitrogens with zero attached hydrogens (tertiary/aromatic N) is 1. The molecule has 1 aromatic carbocycles. The van der Waals surface area contributed by atoms with Crippen LogP contribution in [0.2, 0.25) is 0 Å². The number of aromatic hydroxyl groups is 1. The minimum atomic E-state index is 0.169. The van der Waals surface area contributed by atoms with Gasteiger partial charge >= 0.3 is 0 Å². The first-order valence-electron chi connectivity index (χ1n) is 8.22. The van der Waals surface area contributed by atoms with E-state index >= 15 is 0 Å². The van der Waals surface area contributed by atoms with Crippen molar-refractivity contribution in [2.24, 2.45) is 0 Å². The van der Waals surface area contributed by atoms with Crippen LogP contribution in [0.4, 0.5) is 0 Å². The Hall–Kier alpha value is -1.06. The molecule has 0 aromatic heterocycles. The van der Waals surface area contributed by atoms with Crippen molar-refractivity contribution in [1.82, 2.24) is 10.2 Å². The third-order valence-corrected chi connectivity index (χ3v) is 4.35. The number of hydrogen-bond acceptors (Lipinski definition) is 3. The predicted molar refractivity (Wildman–Crippen MR) is 88.8 cm³/mol. The Morgan fingerprint density at radius 1 is 1.33 bits per heavy atom. The van der Waals surface area contributed by atoms with Gasteiger partial charge in [0.25, 0.3) is 0 Å². The van der Waals surface area contributed by atoms with Gasteiger partial charge in [-0.05, 0) is 63.8 Å². The van der Waals surface area contributed by atoms with Crippen LogP contribution in [-0.2, 0) is 6.42 Å². The van der Waals surface area contributed by atoms with Crippen molar-refractivity contribution in [1.29, 1.82) is 0 Å². The maximum absolute atomic E-state index is 10.1. The van der Waals surface area contributed by atoms with Gasteiger partial charge in [0.1, 0.15) is 5.75 Å².